The fourth-order valence-corrected chi connectivity index (χ4v) is 3.27. The van der Waals surface area contributed by atoms with Crippen molar-refractivity contribution >= 4 is 5.91 Å². The molecule has 2 aromatic rings. The molecule has 0 spiro atoms. The Morgan fingerprint density at radius 2 is 1.89 bits per heavy atom. The highest BCUT2D eigenvalue weighted by atomic mass is 19.3. The van der Waals surface area contributed by atoms with Crippen molar-refractivity contribution in [2.45, 2.75) is 37.5 Å². The summed E-state index contributed by atoms with van der Waals surface area (Å²) in [5.74, 6) is -2.71. The van der Waals surface area contributed by atoms with Gasteiger partial charge in [-0.15, -0.1) is 0 Å². The SMILES string of the molecule is COc1ccc(CN2C(=O)CC[C@@H]2/C=C/[C@@H](O)C(F)(F)c2ccccc2)cc1. The van der Waals surface area contributed by atoms with Crippen LogP contribution in [0.3, 0.4) is 0 Å². The van der Waals surface area contributed by atoms with E-state index in [0.717, 1.165) is 17.4 Å². The maximum atomic E-state index is 14.4. The first-order valence-electron chi connectivity index (χ1n) is 9.14. The van der Waals surface area contributed by atoms with Gasteiger partial charge in [-0.05, 0) is 24.1 Å². The Morgan fingerprint density at radius 1 is 1.21 bits per heavy atom. The summed E-state index contributed by atoms with van der Waals surface area (Å²) >= 11 is 0. The third kappa shape index (κ3) is 4.39. The lowest BCUT2D eigenvalue weighted by Gasteiger charge is -2.24. The number of hydrogen-bond donors (Lipinski definition) is 1. The molecule has 0 radical (unpaired) electrons. The summed E-state index contributed by atoms with van der Waals surface area (Å²) in [6, 6.07) is 14.2. The van der Waals surface area contributed by atoms with Crippen molar-refractivity contribution in [1.29, 1.82) is 0 Å². The number of methoxy groups -OCH3 is 1. The lowest BCUT2D eigenvalue weighted by Crippen LogP contribution is -2.33. The number of ether oxygens (including phenoxy) is 1. The number of benzene rings is 2. The molecule has 2 aromatic carbocycles. The smallest absolute Gasteiger partial charge is 0.302 e. The minimum absolute atomic E-state index is 0.0326. The average Bonchev–Trinajstić information content (AvgIpc) is 3.06. The van der Waals surface area contributed by atoms with Gasteiger partial charge >= 0.3 is 5.92 Å². The molecule has 0 saturated carbocycles. The fourth-order valence-electron chi connectivity index (χ4n) is 3.27. The predicted molar refractivity (Wildman–Crippen MR) is 102 cm³/mol. The van der Waals surface area contributed by atoms with Crippen molar-refractivity contribution in [3.8, 4) is 5.75 Å². The summed E-state index contributed by atoms with van der Waals surface area (Å²) in [6.45, 7) is 0.378. The van der Waals surface area contributed by atoms with Crippen LogP contribution in [0.5, 0.6) is 5.75 Å². The van der Waals surface area contributed by atoms with Gasteiger partial charge in [0.25, 0.3) is 0 Å². The van der Waals surface area contributed by atoms with Gasteiger partial charge in [-0.2, -0.15) is 8.78 Å². The lowest BCUT2D eigenvalue weighted by molar-refractivity contribution is -0.129. The number of halogens is 2. The molecule has 1 N–H and O–H groups in total. The van der Waals surface area contributed by atoms with Crippen LogP contribution in [-0.4, -0.2) is 35.2 Å². The second kappa shape index (κ2) is 8.52. The van der Waals surface area contributed by atoms with E-state index >= 15 is 0 Å². The Hall–Kier alpha value is -2.73. The number of hydrogen-bond acceptors (Lipinski definition) is 3. The Labute approximate surface area is 163 Å². The summed E-state index contributed by atoms with van der Waals surface area (Å²) in [4.78, 5) is 13.9. The first-order chi connectivity index (χ1) is 13.4. The molecule has 0 unspecified atom stereocenters. The van der Waals surface area contributed by atoms with Crippen LogP contribution in [0.1, 0.15) is 24.0 Å². The minimum atomic E-state index is -3.40. The van der Waals surface area contributed by atoms with Crippen molar-refractivity contribution in [1.82, 2.24) is 4.90 Å². The number of carbonyl (C=O) groups excluding carboxylic acids is 1. The highest BCUT2D eigenvalue weighted by Crippen LogP contribution is 2.33. The standard InChI is InChI=1S/C22H23F2NO3/c1-28-19-11-7-16(8-12-19)15-25-18(10-14-21(25)27)9-13-20(26)22(23,24)17-5-3-2-4-6-17/h2-9,11-13,18,20,26H,10,14-15H2,1H3/b13-9+/t18-,20+/m0/s1. The largest absolute Gasteiger partial charge is 0.497 e. The summed E-state index contributed by atoms with van der Waals surface area (Å²) in [7, 11) is 1.58. The average molecular weight is 387 g/mol. The molecule has 1 heterocycles. The van der Waals surface area contributed by atoms with Gasteiger partial charge in [0.05, 0.1) is 13.2 Å². The molecule has 0 aromatic heterocycles. The van der Waals surface area contributed by atoms with Gasteiger partial charge in [-0.1, -0.05) is 54.6 Å². The number of carbonyl (C=O) groups is 1. The lowest BCUT2D eigenvalue weighted by atomic mass is 10.0. The van der Waals surface area contributed by atoms with Crippen molar-refractivity contribution in [2.75, 3.05) is 7.11 Å². The van der Waals surface area contributed by atoms with Gasteiger partial charge in [0.2, 0.25) is 5.91 Å². The molecule has 0 bridgehead atoms. The number of nitrogens with zero attached hydrogens (tertiary/aromatic N) is 1. The molecule has 1 aliphatic rings. The zero-order chi connectivity index (χ0) is 20.1. The molecule has 1 amide bonds. The molecular formula is C22H23F2NO3. The van der Waals surface area contributed by atoms with Crippen molar-refractivity contribution in [3.63, 3.8) is 0 Å². The summed E-state index contributed by atoms with van der Waals surface area (Å²) < 4.78 is 34.0. The Bertz CT molecular complexity index is 821. The maximum Gasteiger partial charge on any atom is 0.302 e. The monoisotopic (exact) mass is 387 g/mol. The van der Waals surface area contributed by atoms with Crippen LogP contribution < -0.4 is 4.74 Å². The third-order valence-corrected chi connectivity index (χ3v) is 4.93. The second-order valence-corrected chi connectivity index (χ2v) is 6.79. The first-order valence-corrected chi connectivity index (χ1v) is 9.14. The van der Waals surface area contributed by atoms with E-state index in [4.69, 9.17) is 4.74 Å². The van der Waals surface area contributed by atoms with Crippen molar-refractivity contribution < 1.29 is 23.4 Å². The molecule has 3 rings (SSSR count). The topological polar surface area (TPSA) is 49.8 Å². The van der Waals surface area contributed by atoms with Crippen LogP contribution in [0, 0.1) is 0 Å². The molecule has 2 atom stereocenters. The highest BCUT2D eigenvalue weighted by molar-refractivity contribution is 5.79. The maximum absolute atomic E-state index is 14.4. The molecule has 148 valence electrons. The van der Waals surface area contributed by atoms with Crippen LogP contribution in [-0.2, 0) is 17.3 Å². The predicted octanol–water partition coefficient (Wildman–Crippen LogP) is 3.90. The zero-order valence-corrected chi connectivity index (χ0v) is 15.6. The first kappa shape index (κ1) is 20.0. The van der Waals surface area contributed by atoms with E-state index in [2.05, 4.69) is 0 Å². The Kier molecular flexibility index (Phi) is 6.09. The molecule has 6 heteroatoms. The van der Waals surface area contributed by atoms with E-state index < -0.39 is 12.0 Å². The summed E-state index contributed by atoms with van der Waals surface area (Å²) in [5.41, 5.74) is 0.675. The van der Waals surface area contributed by atoms with Gasteiger partial charge < -0.3 is 14.7 Å². The van der Waals surface area contributed by atoms with Crippen molar-refractivity contribution in [2.24, 2.45) is 0 Å². The van der Waals surface area contributed by atoms with Gasteiger partial charge in [-0.3, -0.25) is 4.79 Å². The molecule has 1 aliphatic heterocycles. The van der Waals surface area contributed by atoms with Crippen molar-refractivity contribution in [3.05, 3.63) is 77.9 Å². The van der Waals surface area contributed by atoms with Crippen LogP contribution >= 0.6 is 0 Å². The Balaban J connectivity index is 1.70. The molecule has 0 aliphatic carbocycles. The van der Waals surface area contributed by atoms with Gasteiger partial charge in [0, 0.05) is 18.5 Å². The van der Waals surface area contributed by atoms with E-state index in [1.807, 2.05) is 24.3 Å². The normalized spacial score (nSPS) is 18.6. The molecule has 1 saturated heterocycles. The molecule has 4 nitrogen and oxygen atoms in total. The number of amides is 1. The van der Waals surface area contributed by atoms with Gasteiger partial charge in [0.15, 0.2) is 0 Å². The minimum Gasteiger partial charge on any atom is -0.497 e. The summed E-state index contributed by atoms with van der Waals surface area (Å²) in [6.07, 6.45) is 1.53. The fraction of sp³-hybridized carbons (Fsp3) is 0.318. The van der Waals surface area contributed by atoms with Gasteiger partial charge in [0.1, 0.15) is 11.9 Å². The van der Waals surface area contributed by atoms with Crippen LogP contribution in [0.4, 0.5) is 8.78 Å². The van der Waals surface area contributed by atoms with E-state index in [-0.39, 0.29) is 17.5 Å². The number of alkyl halides is 2. The summed E-state index contributed by atoms with van der Waals surface area (Å²) in [5, 5.41) is 10.0. The quantitative estimate of drug-likeness (QED) is 0.734. The van der Waals surface area contributed by atoms with Gasteiger partial charge in [-0.25, -0.2) is 0 Å². The van der Waals surface area contributed by atoms with E-state index in [1.54, 1.807) is 18.1 Å². The molecular weight excluding hydrogens is 364 g/mol. The number of aliphatic hydroxyl groups is 1. The van der Waals surface area contributed by atoms with E-state index in [9.17, 15) is 18.7 Å². The third-order valence-electron chi connectivity index (χ3n) is 4.93. The number of rotatable bonds is 7. The molecule has 28 heavy (non-hydrogen) atoms. The highest BCUT2D eigenvalue weighted by Gasteiger charge is 2.39. The van der Waals surface area contributed by atoms with E-state index in [1.165, 1.54) is 30.3 Å². The number of aliphatic hydroxyl groups excluding tert-OH is 1. The zero-order valence-electron chi connectivity index (χ0n) is 15.6. The Morgan fingerprint density at radius 3 is 2.54 bits per heavy atom. The number of likely N-dealkylation sites (tertiary alicyclic amines) is 1. The van der Waals surface area contributed by atoms with Crippen LogP contribution in [0.2, 0.25) is 0 Å². The van der Waals surface area contributed by atoms with Crippen LogP contribution in [0.15, 0.2) is 66.7 Å². The van der Waals surface area contributed by atoms with Crippen LogP contribution in [0.25, 0.3) is 0 Å². The second-order valence-electron chi connectivity index (χ2n) is 6.79. The molecule has 1 fully saturated rings. The van der Waals surface area contributed by atoms with E-state index in [0.29, 0.717) is 19.4 Å².